The highest BCUT2D eigenvalue weighted by atomic mass is 19.1. The van der Waals surface area contributed by atoms with Crippen molar-refractivity contribution >= 4 is 16.8 Å². The van der Waals surface area contributed by atoms with Gasteiger partial charge in [-0.3, -0.25) is 9.78 Å². The molecule has 1 atom stereocenters. The second kappa shape index (κ2) is 7.12. The van der Waals surface area contributed by atoms with Gasteiger partial charge in [0.25, 0.3) is 0 Å². The Labute approximate surface area is 156 Å². The number of pyridine rings is 1. The SMILES string of the molecule is Cc1[nH]c2c(F)cccc2c1CC(=O)N[C@H](c1ccccn1)C1CC(O)C1. The number of aliphatic hydroxyl groups excluding tert-OH is 1. The van der Waals surface area contributed by atoms with Crippen LogP contribution in [0.1, 0.15) is 35.8 Å². The molecule has 0 saturated heterocycles. The Hall–Kier alpha value is -2.73. The Bertz CT molecular complexity index is 964. The molecule has 2 aromatic heterocycles. The summed E-state index contributed by atoms with van der Waals surface area (Å²) in [6.45, 7) is 1.85. The first-order valence-electron chi connectivity index (χ1n) is 9.17. The van der Waals surface area contributed by atoms with Gasteiger partial charge in [0.15, 0.2) is 0 Å². The summed E-state index contributed by atoms with van der Waals surface area (Å²) >= 11 is 0. The smallest absolute Gasteiger partial charge is 0.225 e. The van der Waals surface area contributed by atoms with Crippen molar-refractivity contribution in [3.05, 3.63) is 65.4 Å². The van der Waals surface area contributed by atoms with Crippen LogP contribution in [0.15, 0.2) is 42.6 Å². The molecule has 1 fully saturated rings. The number of aryl methyl sites for hydroxylation is 1. The first kappa shape index (κ1) is 17.7. The number of aromatic nitrogens is 2. The lowest BCUT2D eigenvalue weighted by Gasteiger charge is -2.37. The van der Waals surface area contributed by atoms with E-state index in [0.29, 0.717) is 18.4 Å². The van der Waals surface area contributed by atoms with E-state index in [9.17, 15) is 14.3 Å². The fraction of sp³-hybridized carbons (Fsp3) is 0.333. The summed E-state index contributed by atoms with van der Waals surface area (Å²) in [6.07, 6.45) is 2.86. The molecule has 0 bridgehead atoms. The third kappa shape index (κ3) is 3.45. The predicted molar refractivity (Wildman–Crippen MR) is 101 cm³/mol. The molecular formula is C21H22FN3O2. The van der Waals surface area contributed by atoms with E-state index >= 15 is 0 Å². The Morgan fingerprint density at radius 3 is 2.85 bits per heavy atom. The molecule has 1 aliphatic rings. The van der Waals surface area contributed by atoms with Crippen LogP contribution in [0.3, 0.4) is 0 Å². The number of para-hydroxylation sites is 1. The number of carbonyl (C=O) groups is 1. The van der Waals surface area contributed by atoms with E-state index in [1.165, 1.54) is 6.07 Å². The predicted octanol–water partition coefficient (Wildman–Crippen LogP) is 3.18. The quantitative estimate of drug-likeness (QED) is 0.648. The number of carbonyl (C=O) groups excluding carboxylic acids is 1. The number of aromatic amines is 1. The van der Waals surface area contributed by atoms with E-state index in [1.807, 2.05) is 31.2 Å². The van der Waals surface area contributed by atoms with Crippen molar-refractivity contribution in [1.82, 2.24) is 15.3 Å². The molecule has 4 rings (SSSR count). The van der Waals surface area contributed by atoms with Crippen molar-refractivity contribution < 1.29 is 14.3 Å². The number of rotatable bonds is 5. The highest BCUT2D eigenvalue weighted by molar-refractivity contribution is 5.90. The van der Waals surface area contributed by atoms with E-state index in [-0.39, 0.29) is 36.2 Å². The van der Waals surface area contributed by atoms with Crippen LogP contribution in [0.25, 0.3) is 10.9 Å². The van der Waals surface area contributed by atoms with Gasteiger partial charge in [0.05, 0.1) is 29.8 Å². The molecule has 1 aliphatic carbocycles. The fourth-order valence-electron chi connectivity index (χ4n) is 3.88. The molecule has 6 heteroatoms. The summed E-state index contributed by atoms with van der Waals surface area (Å²) in [5.74, 6) is -0.294. The summed E-state index contributed by atoms with van der Waals surface area (Å²) in [7, 11) is 0. The Balaban J connectivity index is 1.56. The zero-order valence-corrected chi connectivity index (χ0v) is 15.1. The van der Waals surface area contributed by atoms with Gasteiger partial charge in [-0.2, -0.15) is 0 Å². The molecule has 0 radical (unpaired) electrons. The number of benzene rings is 1. The average Bonchev–Trinajstić information content (AvgIpc) is 2.95. The minimum atomic E-state index is -0.322. The monoisotopic (exact) mass is 367 g/mol. The van der Waals surface area contributed by atoms with Crippen molar-refractivity contribution in [2.75, 3.05) is 0 Å². The molecule has 140 valence electrons. The maximum absolute atomic E-state index is 14.0. The maximum atomic E-state index is 14.0. The minimum absolute atomic E-state index is 0.139. The first-order valence-corrected chi connectivity index (χ1v) is 9.17. The largest absolute Gasteiger partial charge is 0.393 e. The van der Waals surface area contributed by atoms with Crippen molar-refractivity contribution in [2.45, 2.75) is 38.3 Å². The number of aliphatic hydroxyl groups is 1. The van der Waals surface area contributed by atoms with Crippen LogP contribution in [0.2, 0.25) is 0 Å². The third-order valence-corrected chi connectivity index (χ3v) is 5.39. The summed E-state index contributed by atoms with van der Waals surface area (Å²) in [5.41, 5.74) is 2.82. The van der Waals surface area contributed by atoms with Crippen molar-refractivity contribution in [2.24, 2.45) is 5.92 Å². The number of nitrogens with zero attached hydrogens (tertiary/aromatic N) is 1. The fourth-order valence-corrected chi connectivity index (χ4v) is 3.88. The summed E-state index contributed by atoms with van der Waals surface area (Å²) in [5, 5.41) is 13.5. The van der Waals surface area contributed by atoms with E-state index < -0.39 is 0 Å². The molecule has 0 spiro atoms. The van der Waals surface area contributed by atoms with Gasteiger partial charge in [-0.05, 0) is 49.4 Å². The van der Waals surface area contributed by atoms with Crippen LogP contribution in [0.4, 0.5) is 4.39 Å². The standard InChI is InChI=1S/C21H22FN3O2/c1-12-16(15-5-4-6-17(22)21(15)24-12)11-19(27)25-20(13-9-14(26)10-13)18-7-2-3-8-23-18/h2-8,13-14,20,24,26H,9-11H2,1H3,(H,25,27)/t13?,14?,20-/m0/s1. The third-order valence-electron chi connectivity index (χ3n) is 5.39. The normalized spacial score (nSPS) is 20.3. The van der Waals surface area contributed by atoms with Gasteiger partial charge in [0, 0.05) is 17.3 Å². The number of amides is 1. The molecule has 5 nitrogen and oxygen atoms in total. The molecule has 0 unspecified atom stereocenters. The van der Waals surface area contributed by atoms with E-state index in [0.717, 1.165) is 22.3 Å². The number of fused-ring (bicyclic) bond motifs is 1. The van der Waals surface area contributed by atoms with Crippen LogP contribution >= 0.6 is 0 Å². The van der Waals surface area contributed by atoms with E-state index in [4.69, 9.17) is 0 Å². The first-order chi connectivity index (χ1) is 13.0. The van der Waals surface area contributed by atoms with Crippen molar-refractivity contribution in [1.29, 1.82) is 0 Å². The molecule has 3 aromatic rings. The second-order valence-corrected chi connectivity index (χ2v) is 7.25. The second-order valence-electron chi connectivity index (χ2n) is 7.25. The Kier molecular flexibility index (Phi) is 4.66. The average molecular weight is 367 g/mol. The number of hydrogen-bond acceptors (Lipinski definition) is 3. The summed E-state index contributed by atoms with van der Waals surface area (Å²) in [6, 6.07) is 10.3. The molecular weight excluding hydrogens is 345 g/mol. The lowest BCUT2D eigenvalue weighted by atomic mass is 9.76. The van der Waals surface area contributed by atoms with Gasteiger partial charge < -0.3 is 15.4 Å². The van der Waals surface area contributed by atoms with Gasteiger partial charge in [0.2, 0.25) is 5.91 Å². The number of H-pyrrole nitrogens is 1. The molecule has 1 saturated carbocycles. The molecule has 27 heavy (non-hydrogen) atoms. The van der Waals surface area contributed by atoms with Crippen LogP contribution in [-0.2, 0) is 11.2 Å². The van der Waals surface area contributed by atoms with Gasteiger partial charge in [-0.15, -0.1) is 0 Å². The van der Waals surface area contributed by atoms with Gasteiger partial charge >= 0.3 is 0 Å². The van der Waals surface area contributed by atoms with Gasteiger partial charge in [0.1, 0.15) is 5.82 Å². The lowest BCUT2D eigenvalue weighted by Crippen LogP contribution is -2.42. The van der Waals surface area contributed by atoms with E-state index in [1.54, 1.807) is 12.3 Å². The highest BCUT2D eigenvalue weighted by Gasteiger charge is 2.36. The Morgan fingerprint density at radius 2 is 2.15 bits per heavy atom. The highest BCUT2D eigenvalue weighted by Crippen LogP contribution is 2.37. The maximum Gasteiger partial charge on any atom is 0.225 e. The van der Waals surface area contributed by atoms with Gasteiger partial charge in [-0.25, -0.2) is 4.39 Å². The van der Waals surface area contributed by atoms with Crippen molar-refractivity contribution in [3.63, 3.8) is 0 Å². The van der Waals surface area contributed by atoms with Crippen molar-refractivity contribution in [3.8, 4) is 0 Å². The zero-order chi connectivity index (χ0) is 19.0. The summed E-state index contributed by atoms with van der Waals surface area (Å²) < 4.78 is 14.0. The number of nitrogens with one attached hydrogen (secondary N) is 2. The van der Waals surface area contributed by atoms with Gasteiger partial charge in [-0.1, -0.05) is 18.2 Å². The molecule has 0 aliphatic heterocycles. The topological polar surface area (TPSA) is 78.0 Å². The van der Waals surface area contributed by atoms with Crippen LogP contribution < -0.4 is 5.32 Å². The van der Waals surface area contributed by atoms with Crippen LogP contribution in [-0.4, -0.2) is 27.1 Å². The molecule has 1 amide bonds. The van der Waals surface area contributed by atoms with Crippen LogP contribution in [0, 0.1) is 18.7 Å². The van der Waals surface area contributed by atoms with Crippen LogP contribution in [0.5, 0.6) is 0 Å². The number of hydrogen-bond donors (Lipinski definition) is 3. The molecule has 1 aromatic carbocycles. The lowest BCUT2D eigenvalue weighted by molar-refractivity contribution is -0.122. The molecule has 3 N–H and O–H groups in total. The minimum Gasteiger partial charge on any atom is -0.393 e. The molecule has 2 heterocycles. The Morgan fingerprint density at radius 1 is 1.33 bits per heavy atom. The number of halogens is 1. The zero-order valence-electron chi connectivity index (χ0n) is 15.1. The van der Waals surface area contributed by atoms with E-state index in [2.05, 4.69) is 15.3 Å². The summed E-state index contributed by atoms with van der Waals surface area (Å²) in [4.78, 5) is 20.2.